The van der Waals surface area contributed by atoms with Gasteiger partial charge in [-0.1, -0.05) is 30.3 Å². The lowest BCUT2D eigenvalue weighted by Crippen LogP contribution is -1.91. The Hall–Kier alpha value is -2.94. The van der Waals surface area contributed by atoms with E-state index in [0.29, 0.717) is 5.82 Å². The molecule has 0 saturated heterocycles. The number of pyridine rings is 2. The van der Waals surface area contributed by atoms with Crippen LogP contribution in [0, 0.1) is 0 Å². The number of fused-ring (bicyclic) bond motifs is 2. The minimum absolute atomic E-state index is 0.563. The van der Waals surface area contributed by atoms with Crippen LogP contribution in [0.3, 0.4) is 0 Å². The van der Waals surface area contributed by atoms with Crippen LogP contribution < -0.4 is 5.73 Å². The maximum absolute atomic E-state index is 5.99. The zero-order chi connectivity index (χ0) is 14.2. The van der Waals surface area contributed by atoms with Crippen LogP contribution >= 0.6 is 0 Å². The van der Waals surface area contributed by atoms with Crippen molar-refractivity contribution in [2.45, 2.75) is 0 Å². The summed E-state index contributed by atoms with van der Waals surface area (Å²) >= 11 is 0. The van der Waals surface area contributed by atoms with Gasteiger partial charge in [-0.25, -0.2) is 4.98 Å². The Morgan fingerprint density at radius 1 is 0.762 bits per heavy atom. The highest BCUT2D eigenvalue weighted by Gasteiger charge is 2.06. The maximum atomic E-state index is 5.99. The van der Waals surface area contributed by atoms with Crippen molar-refractivity contribution in [1.29, 1.82) is 0 Å². The number of nitrogens with two attached hydrogens (primary N) is 1. The SMILES string of the molecule is Nc1nccc2ccc(-c3cccc4ncccc34)cc12. The van der Waals surface area contributed by atoms with E-state index in [9.17, 15) is 0 Å². The monoisotopic (exact) mass is 271 g/mol. The first-order valence-electron chi connectivity index (χ1n) is 6.81. The van der Waals surface area contributed by atoms with Gasteiger partial charge in [0.05, 0.1) is 5.52 Å². The summed E-state index contributed by atoms with van der Waals surface area (Å²) in [5, 5.41) is 3.22. The number of aromatic nitrogens is 2. The Balaban J connectivity index is 2.02. The van der Waals surface area contributed by atoms with E-state index < -0.39 is 0 Å². The number of nitrogen functional groups attached to an aromatic ring is 1. The fourth-order valence-corrected chi connectivity index (χ4v) is 2.71. The molecular formula is C18H13N3. The summed E-state index contributed by atoms with van der Waals surface area (Å²) in [6.07, 6.45) is 3.55. The molecule has 3 heteroatoms. The van der Waals surface area contributed by atoms with Crippen LogP contribution in [0.5, 0.6) is 0 Å². The summed E-state index contributed by atoms with van der Waals surface area (Å²) in [5.41, 5.74) is 9.27. The zero-order valence-electron chi connectivity index (χ0n) is 11.3. The fourth-order valence-electron chi connectivity index (χ4n) is 2.71. The molecule has 0 spiro atoms. The minimum Gasteiger partial charge on any atom is -0.383 e. The molecule has 0 saturated carbocycles. The lowest BCUT2D eigenvalue weighted by atomic mass is 9.98. The van der Waals surface area contributed by atoms with Crippen molar-refractivity contribution in [3.63, 3.8) is 0 Å². The van der Waals surface area contributed by atoms with Gasteiger partial charge in [-0.05, 0) is 40.8 Å². The van der Waals surface area contributed by atoms with Crippen molar-refractivity contribution in [3.8, 4) is 11.1 Å². The highest BCUT2D eigenvalue weighted by molar-refractivity contribution is 5.99. The fraction of sp³-hybridized carbons (Fsp3) is 0. The van der Waals surface area contributed by atoms with Crippen molar-refractivity contribution in [2.24, 2.45) is 0 Å². The molecule has 0 radical (unpaired) electrons. The number of hydrogen-bond acceptors (Lipinski definition) is 3. The second kappa shape index (κ2) is 4.56. The van der Waals surface area contributed by atoms with E-state index in [1.807, 2.05) is 30.5 Å². The van der Waals surface area contributed by atoms with Gasteiger partial charge in [-0.2, -0.15) is 0 Å². The number of hydrogen-bond donors (Lipinski definition) is 1. The third-order valence-corrected chi connectivity index (χ3v) is 3.75. The molecular weight excluding hydrogens is 258 g/mol. The van der Waals surface area contributed by atoms with Crippen LogP contribution in [0.4, 0.5) is 5.82 Å². The van der Waals surface area contributed by atoms with E-state index in [0.717, 1.165) is 32.8 Å². The van der Waals surface area contributed by atoms with Gasteiger partial charge < -0.3 is 5.73 Å². The van der Waals surface area contributed by atoms with E-state index in [1.54, 1.807) is 6.20 Å². The number of benzene rings is 2. The van der Waals surface area contributed by atoms with Crippen LogP contribution in [0.1, 0.15) is 0 Å². The summed E-state index contributed by atoms with van der Waals surface area (Å²) in [6.45, 7) is 0. The van der Waals surface area contributed by atoms with Gasteiger partial charge in [-0.3, -0.25) is 4.98 Å². The summed E-state index contributed by atoms with van der Waals surface area (Å²) in [4.78, 5) is 8.58. The van der Waals surface area contributed by atoms with Crippen molar-refractivity contribution < 1.29 is 0 Å². The molecule has 4 aromatic rings. The average molecular weight is 271 g/mol. The molecule has 0 amide bonds. The predicted molar refractivity (Wildman–Crippen MR) is 86.9 cm³/mol. The summed E-state index contributed by atoms with van der Waals surface area (Å²) in [7, 11) is 0. The molecule has 0 bridgehead atoms. The Bertz CT molecular complexity index is 955. The van der Waals surface area contributed by atoms with E-state index in [1.165, 1.54) is 0 Å². The van der Waals surface area contributed by atoms with Crippen LogP contribution in [0.25, 0.3) is 32.8 Å². The second-order valence-electron chi connectivity index (χ2n) is 5.01. The standard InChI is InChI=1S/C18H13N3/c19-18-16-11-13(7-6-12(16)8-10-21-18)14-3-1-5-17-15(14)4-2-9-20-17/h1-11H,(H2,19,21). The van der Waals surface area contributed by atoms with Gasteiger partial charge >= 0.3 is 0 Å². The van der Waals surface area contributed by atoms with Crippen LogP contribution in [-0.4, -0.2) is 9.97 Å². The second-order valence-corrected chi connectivity index (χ2v) is 5.01. The summed E-state index contributed by atoms with van der Waals surface area (Å²) < 4.78 is 0. The molecule has 0 aliphatic rings. The van der Waals surface area contributed by atoms with Crippen LogP contribution in [0.15, 0.2) is 67.0 Å². The first-order chi connectivity index (χ1) is 10.3. The topological polar surface area (TPSA) is 51.8 Å². The van der Waals surface area contributed by atoms with Crippen LogP contribution in [0.2, 0.25) is 0 Å². The van der Waals surface area contributed by atoms with Gasteiger partial charge in [0.15, 0.2) is 0 Å². The minimum atomic E-state index is 0.563. The molecule has 0 fully saturated rings. The van der Waals surface area contributed by atoms with E-state index >= 15 is 0 Å². The van der Waals surface area contributed by atoms with E-state index in [2.05, 4.69) is 40.3 Å². The molecule has 4 rings (SSSR count). The molecule has 2 heterocycles. The molecule has 2 aromatic carbocycles. The van der Waals surface area contributed by atoms with Crippen molar-refractivity contribution in [2.75, 3.05) is 5.73 Å². The van der Waals surface area contributed by atoms with Crippen molar-refractivity contribution >= 4 is 27.5 Å². The van der Waals surface area contributed by atoms with Gasteiger partial charge in [0.2, 0.25) is 0 Å². The number of nitrogens with zero attached hydrogens (tertiary/aromatic N) is 2. The molecule has 0 aliphatic heterocycles. The number of anilines is 1. The Morgan fingerprint density at radius 3 is 2.67 bits per heavy atom. The van der Waals surface area contributed by atoms with Crippen molar-refractivity contribution in [3.05, 3.63) is 67.0 Å². The van der Waals surface area contributed by atoms with E-state index in [-0.39, 0.29) is 0 Å². The first-order valence-corrected chi connectivity index (χ1v) is 6.81. The number of rotatable bonds is 1. The predicted octanol–water partition coefficient (Wildman–Crippen LogP) is 4.03. The highest BCUT2D eigenvalue weighted by atomic mass is 14.8. The molecule has 0 atom stereocenters. The lowest BCUT2D eigenvalue weighted by Gasteiger charge is -2.08. The quantitative estimate of drug-likeness (QED) is 0.568. The molecule has 3 nitrogen and oxygen atoms in total. The Kier molecular flexibility index (Phi) is 2.57. The van der Waals surface area contributed by atoms with Crippen molar-refractivity contribution in [1.82, 2.24) is 9.97 Å². The Labute approximate surface area is 122 Å². The van der Waals surface area contributed by atoms with Crippen LogP contribution in [-0.2, 0) is 0 Å². The molecule has 2 aromatic heterocycles. The molecule has 2 N–H and O–H groups in total. The Morgan fingerprint density at radius 2 is 1.71 bits per heavy atom. The van der Waals surface area contributed by atoms with E-state index in [4.69, 9.17) is 5.73 Å². The summed E-state index contributed by atoms with van der Waals surface area (Å²) in [6, 6.07) is 18.5. The first kappa shape index (κ1) is 11.9. The maximum Gasteiger partial charge on any atom is 0.131 e. The lowest BCUT2D eigenvalue weighted by molar-refractivity contribution is 1.37. The zero-order valence-corrected chi connectivity index (χ0v) is 11.3. The largest absolute Gasteiger partial charge is 0.383 e. The molecule has 0 unspecified atom stereocenters. The third-order valence-electron chi connectivity index (χ3n) is 3.75. The third kappa shape index (κ3) is 1.91. The summed E-state index contributed by atoms with van der Waals surface area (Å²) in [5.74, 6) is 0.563. The normalized spacial score (nSPS) is 11.0. The smallest absolute Gasteiger partial charge is 0.131 e. The van der Waals surface area contributed by atoms with Gasteiger partial charge in [0.25, 0.3) is 0 Å². The average Bonchev–Trinajstić information content (AvgIpc) is 2.54. The van der Waals surface area contributed by atoms with Gasteiger partial charge in [0.1, 0.15) is 5.82 Å². The molecule has 21 heavy (non-hydrogen) atoms. The molecule has 100 valence electrons. The van der Waals surface area contributed by atoms with Gasteiger partial charge in [-0.15, -0.1) is 0 Å². The highest BCUT2D eigenvalue weighted by Crippen LogP contribution is 2.31. The molecule has 0 aliphatic carbocycles. The van der Waals surface area contributed by atoms with Gasteiger partial charge in [0, 0.05) is 23.2 Å².